The molecular formula is C26H29N3O2S. The Hall–Kier alpha value is -2.86. The van der Waals surface area contributed by atoms with E-state index in [-0.39, 0.29) is 11.9 Å². The van der Waals surface area contributed by atoms with Crippen LogP contribution in [0.5, 0.6) is 5.75 Å². The summed E-state index contributed by atoms with van der Waals surface area (Å²) in [7, 11) is 0. The van der Waals surface area contributed by atoms with E-state index in [1.54, 1.807) is 11.3 Å². The number of hydrogen-bond acceptors (Lipinski definition) is 4. The van der Waals surface area contributed by atoms with Gasteiger partial charge in [0.2, 0.25) is 0 Å². The highest BCUT2D eigenvalue weighted by Crippen LogP contribution is 2.32. The van der Waals surface area contributed by atoms with Crippen LogP contribution in [0.2, 0.25) is 0 Å². The maximum Gasteiger partial charge on any atom is 0.251 e. The van der Waals surface area contributed by atoms with Crippen LogP contribution in [0.15, 0.2) is 48.7 Å². The molecule has 3 atom stereocenters. The van der Waals surface area contributed by atoms with Crippen LogP contribution in [0.4, 0.5) is 0 Å². The molecule has 0 spiro atoms. The molecule has 1 amide bonds. The lowest BCUT2D eigenvalue weighted by Gasteiger charge is -2.34. The topological polar surface area (TPSA) is 55.6 Å². The lowest BCUT2D eigenvalue weighted by Crippen LogP contribution is -2.43. The third-order valence-corrected chi connectivity index (χ3v) is 7.86. The molecule has 1 fully saturated rings. The average molecular weight is 448 g/mol. The van der Waals surface area contributed by atoms with Gasteiger partial charge in [-0.3, -0.25) is 9.20 Å². The Morgan fingerprint density at radius 2 is 2.00 bits per heavy atom. The number of carbonyl (C=O) groups is 1. The maximum absolute atomic E-state index is 12.9. The predicted molar refractivity (Wildman–Crippen MR) is 131 cm³/mol. The summed E-state index contributed by atoms with van der Waals surface area (Å²) >= 11 is 1.61. The molecule has 1 saturated carbocycles. The number of benzene rings is 2. The SMILES string of the molecule is CCOc1ccc(-c2cn3c(n2)sc2cc(C(=O)N[C@@H]4CCC[C@@H](C)[C@H]4C)ccc23)cc1. The molecule has 2 aromatic carbocycles. The summed E-state index contributed by atoms with van der Waals surface area (Å²) in [6, 6.07) is 14.2. The monoisotopic (exact) mass is 447 g/mol. The second-order valence-electron chi connectivity index (χ2n) is 8.87. The second kappa shape index (κ2) is 8.58. The Morgan fingerprint density at radius 3 is 2.78 bits per heavy atom. The van der Waals surface area contributed by atoms with Crippen molar-refractivity contribution in [1.82, 2.24) is 14.7 Å². The third-order valence-electron chi connectivity index (χ3n) is 6.84. The number of fused-ring (bicyclic) bond motifs is 3. The summed E-state index contributed by atoms with van der Waals surface area (Å²) in [6.07, 6.45) is 5.58. The molecule has 166 valence electrons. The summed E-state index contributed by atoms with van der Waals surface area (Å²) in [5, 5.41) is 3.28. The number of nitrogens with one attached hydrogen (secondary N) is 1. The van der Waals surface area contributed by atoms with Gasteiger partial charge in [-0.05, 0) is 67.6 Å². The molecule has 2 heterocycles. The first-order valence-corrected chi connectivity index (χ1v) is 12.3. The van der Waals surface area contributed by atoms with Crippen molar-refractivity contribution in [2.45, 2.75) is 46.1 Å². The van der Waals surface area contributed by atoms with Crippen molar-refractivity contribution in [3.05, 3.63) is 54.2 Å². The molecule has 1 N–H and O–H groups in total. The fourth-order valence-corrected chi connectivity index (χ4v) is 5.75. The number of aromatic nitrogens is 2. The first kappa shape index (κ1) is 21.0. The number of hydrogen-bond donors (Lipinski definition) is 1. The molecule has 1 aliphatic carbocycles. The molecule has 6 heteroatoms. The van der Waals surface area contributed by atoms with Gasteiger partial charge in [-0.15, -0.1) is 0 Å². The van der Waals surface area contributed by atoms with Crippen LogP contribution >= 0.6 is 11.3 Å². The summed E-state index contributed by atoms with van der Waals surface area (Å²) in [5.41, 5.74) is 3.79. The maximum atomic E-state index is 12.9. The predicted octanol–water partition coefficient (Wildman–Crippen LogP) is 6.17. The normalized spacial score (nSPS) is 21.2. The van der Waals surface area contributed by atoms with Gasteiger partial charge in [-0.25, -0.2) is 4.98 Å². The Balaban J connectivity index is 1.38. The van der Waals surface area contributed by atoms with Crippen LogP contribution in [0.1, 0.15) is 50.4 Å². The molecule has 1 aliphatic rings. The number of imidazole rings is 1. The van der Waals surface area contributed by atoms with Gasteiger partial charge < -0.3 is 10.1 Å². The smallest absolute Gasteiger partial charge is 0.251 e. The Kier molecular flexibility index (Phi) is 5.64. The van der Waals surface area contributed by atoms with Crippen molar-refractivity contribution in [3.8, 4) is 17.0 Å². The van der Waals surface area contributed by atoms with Gasteiger partial charge >= 0.3 is 0 Å². The molecule has 0 aliphatic heterocycles. The van der Waals surface area contributed by atoms with Crippen molar-refractivity contribution in [3.63, 3.8) is 0 Å². The van der Waals surface area contributed by atoms with Crippen molar-refractivity contribution in [1.29, 1.82) is 0 Å². The van der Waals surface area contributed by atoms with Crippen LogP contribution in [0.25, 0.3) is 26.4 Å². The Labute approximate surface area is 192 Å². The summed E-state index contributed by atoms with van der Waals surface area (Å²) in [5.74, 6) is 2.07. The minimum atomic E-state index is 0.0268. The van der Waals surface area contributed by atoms with Crippen LogP contribution in [0, 0.1) is 11.8 Å². The zero-order chi connectivity index (χ0) is 22.2. The minimum Gasteiger partial charge on any atom is -0.494 e. The first-order chi connectivity index (χ1) is 15.5. The standard InChI is InChI=1S/C26H29N3O2S/c1-4-31-20-11-8-18(9-12-20)22-15-29-23-13-10-19(14-24(23)32-26(29)28-22)25(30)27-21-7-5-6-16(2)17(21)3/h8-17,21H,4-7H2,1-3H3,(H,27,30)/t16-,17-,21-/m1/s1. The molecule has 4 aromatic rings. The van der Waals surface area contributed by atoms with E-state index in [1.165, 1.54) is 12.8 Å². The third kappa shape index (κ3) is 3.88. The number of amides is 1. The van der Waals surface area contributed by atoms with E-state index in [0.717, 1.165) is 44.2 Å². The molecular weight excluding hydrogens is 418 g/mol. The average Bonchev–Trinajstić information content (AvgIpc) is 3.35. The fourth-order valence-electron chi connectivity index (χ4n) is 4.71. The number of ether oxygens (including phenoxy) is 1. The number of rotatable bonds is 5. The minimum absolute atomic E-state index is 0.0268. The zero-order valence-electron chi connectivity index (χ0n) is 18.8. The number of carbonyl (C=O) groups excluding carboxylic acids is 1. The highest BCUT2D eigenvalue weighted by atomic mass is 32.1. The van der Waals surface area contributed by atoms with Crippen molar-refractivity contribution < 1.29 is 9.53 Å². The van der Waals surface area contributed by atoms with Crippen molar-refractivity contribution >= 4 is 32.4 Å². The van der Waals surface area contributed by atoms with Crippen LogP contribution in [-0.4, -0.2) is 27.9 Å². The van der Waals surface area contributed by atoms with Gasteiger partial charge in [0.1, 0.15) is 5.75 Å². The molecule has 5 rings (SSSR count). The molecule has 0 bridgehead atoms. The lowest BCUT2D eigenvalue weighted by atomic mass is 9.78. The molecule has 0 unspecified atom stereocenters. The van der Waals surface area contributed by atoms with Crippen LogP contribution < -0.4 is 10.1 Å². The van der Waals surface area contributed by atoms with Gasteiger partial charge in [0.15, 0.2) is 4.96 Å². The van der Waals surface area contributed by atoms with E-state index >= 15 is 0 Å². The Morgan fingerprint density at radius 1 is 1.19 bits per heavy atom. The number of nitrogens with zero attached hydrogens (tertiary/aromatic N) is 2. The van der Waals surface area contributed by atoms with E-state index in [4.69, 9.17) is 9.72 Å². The van der Waals surface area contributed by atoms with Gasteiger partial charge in [0, 0.05) is 23.4 Å². The van der Waals surface area contributed by atoms with Crippen molar-refractivity contribution in [2.75, 3.05) is 6.61 Å². The molecule has 2 aromatic heterocycles. The molecule has 32 heavy (non-hydrogen) atoms. The Bertz CT molecular complexity index is 1260. The van der Waals surface area contributed by atoms with E-state index in [9.17, 15) is 4.79 Å². The van der Waals surface area contributed by atoms with E-state index in [1.807, 2.05) is 49.4 Å². The summed E-state index contributed by atoms with van der Waals surface area (Å²) < 4.78 is 8.71. The largest absolute Gasteiger partial charge is 0.494 e. The summed E-state index contributed by atoms with van der Waals surface area (Å²) in [6.45, 7) is 7.19. The second-order valence-corrected chi connectivity index (χ2v) is 9.88. The number of thiazole rings is 1. The highest BCUT2D eigenvalue weighted by Gasteiger charge is 2.28. The van der Waals surface area contributed by atoms with Gasteiger partial charge in [0.25, 0.3) is 5.91 Å². The first-order valence-electron chi connectivity index (χ1n) is 11.5. The van der Waals surface area contributed by atoms with Gasteiger partial charge in [-0.1, -0.05) is 38.0 Å². The van der Waals surface area contributed by atoms with E-state index in [2.05, 4.69) is 29.8 Å². The fraction of sp³-hybridized carbons (Fsp3) is 0.385. The zero-order valence-corrected chi connectivity index (χ0v) is 19.6. The highest BCUT2D eigenvalue weighted by molar-refractivity contribution is 7.23. The molecule has 0 radical (unpaired) electrons. The van der Waals surface area contributed by atoms with E-state index < -0.39 is 0 Å². The van der Waals surface area contributed by atoms with Crippen LogP contribution in [0.3, 0.4) is 0 Å². The lowest BCUT2D eigenvalue weighted by molar-refractivity contribution is 0.0891. The summed E-state index contributed by atoms with van der Waals surface area (Å²) in [4.78, 5) is 18.7. The van der Waals surface area contributed by atoms with Crippen molar-refractivity contribution in [2.24, 2.45) is 11.8 Å². The van der Waals surface area contributed by atoms with Gasteiger partial charge in [0.05, 0.1) is 22.5 Å². The van der Waals surface area contributed by atoms with Crippen LogP contribution in [-0.2, 0) is 0 Å². The van der Waals surface area contributed by atoms with Gasteiger partial charge in [-0.2, -0.15) is 0 Å². The quantitative estimate of drug-likeness (QED) is 0.398. The molecule has 5 nitrogen and oxygen atoms in total. The van der Waals surface area contributed by atoms with E-state index in [0.29, 0.717) is 18.4 Å². The molecule has 0 saturated heterocycles.